The van der Waals surface area contributed by atoms with Gasteiger partial charge in [0.05, 0.1) is 0 Å². The van der Waals surface area contributed by atoms with Crippen LogP contribution in [0.15, 0.2) is 0 Å². The summed E-state index contributed by atoms with van der Waals surface area (Å²) >= 11 is 0. The van der Waals surface area contributed by atoms with Gasteiger partial charge in [-0.25, -0.2) is 0 Å². The maximum Gasteiger partial charge on any atom is 0.00957 e. The Bertz CT molecular complexity index is 104. The van der Waals surface area contributed by atoms with Crippen molar-refractivity contribution in [3.8, 4) is 0 Å². The Labute approximate surface area is 56.6 Å². The second kappa shape index (κ2) is 1.72. The molecule has 0 aromatic carbocycles. The number of nitrogens with two attached hydrogens (primary N) is 1. The van der Waals surface area contributed by atoms with Crippen LogP contribution < -0.4 is 5.73 Å². The monoisotopic (exact) mass is 125 g/mol. The normalized spacial score (nSPS) is 56.7. The lowest BCUT2D eigenvalue weighted by Gasteiger charge is -2.23. The van der Waals surface area contributed by atoms with E-state index in [2.05, 4.69) is 6.92 Å². The lowest BCUT2D eigenvalue weighted by atomic mass is 9.87. The molecular weight excluding hydrogens is 110 g/mol. The first kappa shape index (κ1) is 5.72. The molecule has 0 spiro atoms. The Morgan fingerprint density at radius 3 is 2.22 bits per heavy atom. The highest BCUT2D eigenvalue weighted by molar-refractivity contribution is 4.96. The third-order valence-corrected chi connectivity index (χ3v) is 3.41. The van der Waals surface area contributed by atoms with Gasteiger partial charge in [-0.05, 0) is 37.0 Å². The number of rotatable bonds is 0. The molecule has 0 heterocycles. The Morgan fingerprint density at radius 1 is 1.22 bits per heavy atom. The minimum absolute atomic E-state index is 0.545. The molecule has 2 fully saturated rings. The van der Waals surface area contributed by atoms with E-state index in [1.54, 1.807) is 0 Å². The van der Waals surface area contributed by atoms with E-state index >= 15 is 0 Å². The third-order valence-electron chi connectivity index (χ3n) is 3.41. The second-order valence-corrected chi connectivity index (χ2v) is 3.77. The van der Waals surface area contributed by atoms with Crippen molar-refractivity contribution in [2.75, 3.05) is 0 Å². The van der Waals surface area contributed by atoms with Crippen molar-refractivity contribution in [3.05, 3.63) is 0 Å². The van der Waals surface area contributed by atoms with E-state index in [1.165, 1.54) is 19.3 Å². The van der Waals surface area contributed by atoms with Gasteiger partial charge in [0.2, 0.25) is 0 Å². The summed E-state index contributed by atoms with van der Waals surface area (Å²) in [7, 11) is 0. The van der Waals surface area contributed by atoms with Crippen molar-refractivity contribution in [2.24, 2.45) is 23.5 Å². The molecule has 0 unspecified atom stereocenters. The van der Waals surface area contributed by atoms with Crippen LogP contribution in [0.5, 0.6) is 0 Å². The quantitative estimate of drug-likeness (QED) is 0.520. The van der Waals surface area contributed by atoms with Crippen molar-refractivity contribution in [1.29, 1.82) is 0 Å². The summed E-state index contributed by atoms with van der Waals surface area (Å²) < 4.78 is 0. The van der Waals surface area contributed by atoms with E-state index < -0.39 is 0 Å². The van der Waals surface area contributed by atoms with Crippen LogP contribution >= 0.6 is 0 Å². The van der Waals surface area contributed by atoms with Crippen LogP contribution in [0.2, 0.25) is 0 Å². The van der Waals surface area contributed by atoms with Gasteiger partial charge in [0.1, 0.15) is 0 Å². The summed E-state index contributed by atoms with van der Waals surface area (Å²) in [5, 5.41) is 0. The lowest BCUT2D eigenvalue weighted by molar-refractivity contribution is 0.312. The van der Waals surface area contributed by atoms with E-state index in [9.17, 15) is 0 Å². The molecule has 0 aromatic rings. The SMILES string of the molecule is C[C@@H]1[C@H]2CC[C@@H](C2)[C@H]1N. The van der Waals surface area contributed by atoms with Crippen LogP contribution in [0.1, 0.15) is 26.2 Å². The third kappa shape index (κ3) is 0.644. The van der Waals surface area contributed by atoms with Crippen molar-refractivity contribution >= 4 is 0 Å². The molecule has 0 radical (unpaired) electrons. The van der Waals surface area contributed by atoms with E-state index in [1.807, 2.05) is 0 Å². The maximum atomic E-state index is 5.96. The van der Waals surface area contributed by atoms with Gasteiger partial charge < -0.3 is 5.73 Å². The van der Waals surface area contributed by atoms with Crippen molar-refractivity contribution < 1.29 is 0 Å². The highest BCUT2D eigenvalue weighted by Crippen LogP contribution is 2.47. The Hall–Kier alpha value is -0.0400. The van der Waals surface area contributed by atoms with Gasteiger partial charge >= 0.3 is 0 Å². The predicted molar refractivity (Wildman–Crippen MR) is 38.0 cm³/mol. The smallest absolute Gasteiger partial charge is 0.00957 e. The Balaban J connectivity index is 2.15. The minimum atomic E-state index is 0.545. The Morgan fingerprint density at radius 2 is 1.89 bits per heavy atom. The predicted octanol–water partition coefficient (Wildman–Crippen LogP) is 1.38. The summed E-state index contributed by atoms with van der Waals surface area (Å²) in [5.74, 6) is 2.71. The van der Waals surface area contributed by atoms with Gasteiger partial charge in [-0.1, -0.05) is 6.92 Å². The first-order chi connectivity index (χ1) is 4.29. The van der Waals surface area contributed by atoms with Crippen LogP contribution in [0.25, 0.3) is 0 Å². The van der Waals surface area contributed by atoms with Crippen molar-refractivity contribution in [3.63, 3.8) is 0 Å². The number of hydrogen-bond acceptors (Lipinski definition) is 1. The molecule has 0 aliphatic heterocycles. The van der Waals surface area contributed by atoms with Gasteiger partial charge in [-0.3, -0.25) is 0 Å². The average molecular weight is 125 g/mol. The molecular formula is C8H15N. The van der Waals surface area contributed by atoms with Gasteiger partial charge in [0.15, 0.2) is 0 Å². The molecule has 4 atom stereocenters. The van der Waals surface area contributed by atoms with Crippen LogP contribution in [-0.4, -0.2) is 6.04 Å². The van der Waals surface area contributed by atoms with Crippen LogP contribution in [0.3, 0.4) is 0 Å². The fraction of sp³-hybridized carbons (Fsp3) is 1.00. The van der Waals surface area contributed by atoms with E-state index in [4.69, 9.17) is 5.73 Å². The molecule has 9 heavy (non-hydrogen) atoms. The number of hydrogen-bond donors (Lipinski definition) is 1. The average Bonchev–Trinajstić information content (AvgIpc) is 2.37. The standard InChI is InChI=1S/C8H15N/c1-5-6-2-3-7(4-6)8(5)9/h5-8H,2-4,9H2,1H3/t5-,6+,7+,8+/m1/s1. The van der Waals surface area contributed by atoms with Gasteiger partial charge in [-0.15, -0.1) is 0 Å². The lowest BCUT2D eigenvalue weighted by Crippen LogP contribution is -2.33. The van der Waals surface area contributed by atoms with Gasteiger partial charge in [0.25, 0.3) is 0 Å². The molecule has 2 aliphatic carbocycles. The summed E-state index contributed by atoms with van der Waals surface area (Å²) in [5.41, 5.74) is 5.96. The fourth-order valence-corrected chi connectivity index (χ4v) is 2.62. The molecule has 0 amide bonds. The minimum Gasteiger partial charge on any atom is -0.327 e. The molecule has 52 valence electrons. The summed E-state index contributed by atoms with van der Waals surface area (Å²) in [6.07, 6.45) is 4.30. The first-order valence-electron chi connectivity index (χ1n) is 4.04. The van der Waals surface area contributed by atoms with E-state index in [-0.39, 0.29) is 0 Å². The first-order valence-corrected chi connectivity index (χ1v) is 4.04. The summed E-state index contributed by atoms with van der Waals surface area (Å²) in [6, 6.07) is 0.545. The molecule has 2 aliphatic rings. The fourth-order valence-electron chi connectivity index (χ4n) is 2.62. The largest absolute Gasteiger partial charge is 0.327 e. The summed E-state index contributed by atoms with van der Waals surface area (Å²) in [4.78, 5) is 0. The van der Waals surface area contributed by atoms with Crippen molar-refractivity contribution in [2.45, 2.75) is 32.2 Å². The molecule has 2 saturated carbocycles. The molecule has 2 bridgehead atoms. The topological polar surface area (TPSA) is 26.0 Å². The zero-order valence-corrected chi connectivity index (χ0v) is 6.01. The zero-order valence-electron chi connectivity index (χ0n) is 6.01. The van der Waals surface area contributed by atoms with Crippen LogP contribution in [0.4, 0.5) is 0 Å². The molecule has 1 nitrogen and oxygen atoms in total. The second-order valence-electron chi connectivity index (χ2n) is 3.77. The highest BCUT2D eigenvalue weighted by Gasteiger charge is 2.42. The van der Waals surface area contributed by atoms with Crippen molar-refractivity contribution in [1.82, 2.24) is 0 Å². The van der Waals surface area contributed by atoms with Gasteiger partial charge in [0, 0.05) is 6.04 Å². The molecule has 1 heteroatoms. The molecule has 0 saturated heterocycles. The maximum absolute atomic E-state index is 5.96. The van der Waals surface area contributed by atoms with Crippen LogP contribution in [0, 0.1) is 17.8 Å². The zero-order chi connectivity index (χ0) is 6.43. The molecule has 2 rings (SSSR count). The molecule has 0 aromatic heterocycles. The number of fused-ring (bicyclic) bond motifs is 2. The van der Waals surface area contributed by atoms with Gasteiger partial charge in [-0.2, -0.15) is 0 Å². The van der Waals surface area contributed by atoms with Crippen LogP contribution in [-0.2, 0) is 0 Å². The summed E-state index contributed by atoms with van der Waals surface area (Å²) in [6.45, 7) is 2.31. The highest BCUT2D eigenvalue weighted by atomic mass is 14.7. The Kier molecular flexibility index (Phi) is 1.10. The van der Waals surface area contributed by atoms with E-state index in [0.717, 1.165) is 17.8 Å². The van der Waals surface area contributed by atoms with E-state index in [0.29, 0.717) is 6.04 Å². The molecule has 2 N–H and O–H groups in total.